The Morgan fingerprint density at radius 1 is 0.860 bits per heavy atom. The Morgan fingerprint density at radius 3 is 2.20 bits per heavy atom. The van der Waals surface area contributed by atoms with Crippen molar-refractivity contribution in [2.24, 2.45) is 5.92 Å². The zero-order valence-electron chi connectivity index (χ0n) is 28.7. The predicted octanol–water partition coefficient (Wildman–Crippen LogP) is 5.06. The highest BCUT2D eigenvalue weighted by Gasteiger charge is 2.29. The topological polar surface area (TPSA) is 136 Å². The lowest BCUT2D eigenvalue weighted by Gasteiger charge is -2.26. The Morgan fingerprint density at radius 2 is 1.54 bits per heavy atom. The van der Waals surface area contributed by atoms with Crippen LogP contribution in [0.4, 0.5) is 0 Å². The summed E-state index contributed by atoms with van der Waals surface area (Å²) in [5, 5.41) is 15.6. The van der Waals surface area contributed by atoms with Gasteiger partial charge in [-0.25, -0.2) is 14.3 Å². The highest BCUT2D eigenvalue weighted by Crippen LogP contribution is 2.27. The van der Waals surface area contributed by atoms with Crippen molar-refractivity contribution in [1.29, 1.82) is 0 Å². The molecule has 0 aliphatic carbocycles. The second kappa shape index (κ2) is 15.2. The first-order valence-electron chi connectivity index (χ1n) is 16.9. The van der Waals surface area contributed by atoms with Crippen molar-refractivity contribution < 1.29 is 19.1 Å². The Labute approximate surface area is 291 Å². The van der Waals surface area contributed by atoms with Gasteiger partial charge in [0.15, 0.2) is 17.3 Å². The number of hydrogen-bond acceptors (Lipinski definition) is 7. The number of aromatic nitrogens is 5. The molecule has 258 valence electrons. The summed E-state index contributed by atoms with van der Waals surface area (Å²) in [4.78, 5) is 47.1. The van der Waals surface area contributed by atoms with Crippen LogP contribution in [0, 0.1) is 5.92 Å². The van der Waals surface area contributed by atoms with Gasteiger partial charge in [-0.3, -0.25) is 14.4 Å². The molecule has 3 aromatic carbocycles. The lowest BCUT2D eigenvalue weighted by Crippen LogP contribution is -2.47. The molecule has 0 fully saturated rings. The van der Waals surface area contributed by atoms with Gasteiger partial charge < -0.3 is 20.3 Å². The molecule has 6 rings (SSSR count). The van der Waals surface area contributed by atoms with E-state index in [2.05, 4.69) is 10.6 Å². The predicted molar refractivity (Wildman–Crippen MR) is 189 cm³/mol. The number of rotatable bonds is 6. The van der Waals surface area contributed by atoms with E-state index < -0.39 is 12.1 Å². The summed E-state index contributed by atoms with van der Waals surface area (Å²) < 4.78 is 8.90. The molecule has 1 aliphatic rings. The number of carbonyl (C=O) groups excluding carboxylic acids is 3. The van der Waals surface area contributed by atoms with Crippen molar-refractivity contribution in [2.75, 3.05) is 20.2 Å². The highest BCUT2D eigenvalue weighted by atomic mass is 16.5. The molecule has 2 aromatic heterocycles. The van der Waals surface area contributed by atoms with Gasteiger partial charge in [0.2, 0.25) is 11.8 Å². The van der Waals surface area contributed by atoms with Crippen molar-refractivity contribution in [2.45, 2.75) is 52.2 Å². The van der Waals surface area contributed by atoms with Crippen molar-refractivity contribution in [3.05, 3.63) is 103 Å². The first kappa shape index (κ1) is 34.1. The number of amides is 3. The monoisotopic (exact) mass is 674 g/mol. The van der Waals surface area contributed by atoms with Gasteiger partial charge in [0, 0.05) is 30.6 Å². The number of carbonyl (C=O) groups is 3. The van der Waals surface area contributed by atoms with Crippen LogP contribution in [0.1, 0.15) is 56.0 Å². The van der Waals surface area contributed by atoms with Crippen LogP contribution in [0.5, 0.6) is 5.75 Å². The Hall–Kier alpha value is -5.78. The number of methoxy groups -OCH3 is 1. The summed E-state index contributed by atoms with van der Waals surface area (Å²) in [6.07, 6.45) is 0.544. The Bertz CT molecular complexity index is 1940. The van der Waals surface area contributed by atoms with E-state index in [0.717, 1.165) is 22.5 Å². The number of hydrogen-bond donors (Lipinski definition) is 2. The van der Waals surface area contributed by atoms with Crippen LogP contribution in [0.15, 0.2) is 91.0 Å². The summed E-state index contributed by atoms with van der Waals surface area (Å²) in [5.41, 5.74) is 3.55. The van der Waals surface area contributed by atoms with Crippen LogP contribution < -0.4 is 15.4 Å². The van der Waals surface area contributed by atoms with E-state index >= 15 is 0 Å². The van der Waals surface area contributed by atoms with Crippen molar-refractivity contribution >= 4 is 17.7 Å². The minimum absolute atomic E-state index is 0.0441. The number of ether oxygens (including phenoxy) is 1. The third-order valence-corrected chi connectivity index (χ3v) is 8.76. The molecule has 0 radical (unpaired) electrons. The lowest BCUT2D eigenvalue weighted by atomic mass is 10.0. The second-order valence-corrected chi connectivity index (χ2v) is 12.7. The maximum Gasteiger partial charge on any atom is 0.274 e. The summed E-state index contributed by atoms with van der Waals surface area (Å²) in [5.74, 6) is 0.933. The van der Waals surface area contributed by atoms with E-state index in [1.165, 1.54) is 0 Å². The average Bonchev–Trinajstić information content (AvgIpc) is 3.77. The normalized spacial score (nSPS) is 17.4. The molecule has 2 N–H and O–H groups in total. The molecular weight excluding hydrogens is 632 g/mol. The number of benzene rings is 3. The van der Waals surface area contributed by atoms with Crippen LogP contribution in [-0.2, 0) is 16.1 Å². The molecule has 1 aliphatic heterocycles. The van der Waals surface area contributed by atoms with Crippen LogP contribution >= 0.6 is 0 Å². The SMILES string of the molecule is COc1ccc(-n2nc(C(=O)N3CCCC(=O)N[C@H](C)C(=O)N[C@@H](C(C)C)c4nc(-c5ccccc5)nn4CC3)cc2-c2ccccc2)cc1. The fraction of sp³-hybridized carbons (Fsp3) is 0.316. The zero-order valence-corrected chi connectivity index (χ0v) is 28.7. The van der Waals surface area contributed by atoms with E-state index in [-0.39, 0.29) is 42.3 Å². The van der Waals surface area contributed by atoms with E-state index in [4.69, 9.17) is 19.9 Å². The van der Waals surface area contributed by atoms with Gasteiger partial charge in [-0.1, -0.05) is 74.5 Å². The molecule has 50 heavy (non-hydrogen) atoms. The number of nitrogens with one attached hydrogen (secondary N) is 2. The summed E-state index contributed by atoms with van der Waals surface area (Å²) in [7, 11) is 1.61. The molecule has 5 aromatic rings. The lowest BCUT2D eigenvalue weighted by molar-refractivity contribution is -0.129. The molecule has 0 bridgehead atoms. The summed E-state index contributed by atoms with van der Waals surface area (Å²) >= 11 is 0. The molecule has 0 saturated carbocycles. The van der Waals surface area contributed by atoms with Crippen LogP contribution in [-0.4, -0.2) is 73.4 Å². The smallest absolute Gasteiger partial charge is 0.274 e. The van der Waals surface area contributed by atoms with E-state index in [1.807, 2.05) is 98.8 Å². The Kier molecular flexibility index (Phi) is 10.4. The molecular formula is C38H42N8O4. The largest absolute Gasteiger partial charge is 0.497 e. The van der Waals surface area contributed by atoms with Crippen LogP contribution in [0.25, 0.3) is 28.3 Å². The van der Waals surface area contributed by atoms with E-state index in [9.17, 15) is 14.4 Å². The van der Waals surface area contributed by atoms with Gasteiger partial charge in [0.1, 0.15) is 11.8 Å². The van der Waals surface area contributed by atoms with E-state index in [1.54, 1.807) is 34.4 Å². The third-order valence-electron chi connectivity index (χ3n) is 8.76. The van der Waals surface area contributed by atoms with Crippen molar-refractivity contribution in [1.82, 2.24) is 40.1 Å². The average molecular weight is 675 g/mol. The molecule has 0 saturated heterocycles. The van der Waals surface area contributed by atoms with Crippen LogP contribution in [0.2, 0.25) is 0 Å². The van der Waals surface area contributed by atoms with Gasteiger partial charge in [0.25, 0.3) is 5.91 Å². The molecule has 3 amide bonds. The van der Waals surface area contributed by atoms with Crippen LogP contribution in [0.3, 0.4) is 0 Å². The molecule has 2 atom stereocenters. The molecule has 0 unspecified atom stereocenters. The minimum Gasteiger partial charge on any atom is -0.497 e. The first-order valence-corrected chi connectivity index (χ1v) is 16.9. The molecule has 0 spiro atoms. The molecule has 12 nitrogen and oxygen atoms in total. The maximum atomic E-state index is 14.4. The highest BCUT2D eigenvalue weighted by molar-refractivity contribution is 5.94. The fourth-order valence-corrected chi connectivity index (χ4v) is 5.99. The van der Waals surface area contributed by atoms with Gasteiger partial charge in [-0.05, 0) is 49.6 Å². The first-order chi connectivity index (χ1) is 24.2. The summed E-state index contributed by atoms with van der Waals surface area (Å²) in [6, 6.07) is 27.5. The van der Waals surface area contributed by atoms with Gasteiger partial charge >= 0.3 is 0 Å². The van der Waals surface area contributed by atoms with Crippen molar-refractivity contribution in [3.8, 4) is 34.1 Å². The summed E-state index contributed by atoms with van der Waals surface area (Å²) in [6.45, 7) is 6.54. The number of fused-ring (bicyclic) bond motifs is 1. The molecule has 3 heterocycles. The third kappa shape index (κ3) is 7.59. The van der Waals surface area contributed by atoms with Gasteiger partial charge in [-0.2, -0.15) is 10.2 Å². The fourth-order valence-electron chi connectivity index (χ4n) is 5.99. The van der Waals surface area contributed by atoms with E-state index in [0.29, 0.717) is 36.9 Å². The minimum atomic E-state index is -0.757. The second-order valence-electron chi connectivity index (χ2n) is 12.7. The maximum absolute atomic E-state index is 14.4. The van der Waals surface area contributed by atoms with Gasteiger partial charge in [0.05, 0.1) is 31.1 Å². The molecule has 12 heteroatoms. The van der Waals surface area contributed by atoms with Crippen molar-refractivity contribution in [3.63, 3.8) is 0 Å². The standard InChI is InChI=1S/C38H42N8O4/c1-25(2)34-36-41-35(28-14-9-6-10-15-28)43-45(36)23-22-44(21-11-16-33(47)39-26(3)37(48)40-34)38(49)31-24-32(27-12-7-5-8-13-27)46(42-31)29-17-19-30(50-4)20-18-29/h5-10,12-15,17-20,24-26,34H,11,16,21-23H2,1-4H3,(H,39,47)(H,40,48)/t26-,34+/m1/s1. The quantitative estimate of drug-likeness (QED) is 0.257. The Balaban J connectivity index is 1.38. The zero-order chi connectivity index (χ0) is 35.2. The van der Waals surface area contributed by atoms with Gasteiger partial charge in [-0.15, -0.1) is 0 Å². The number of nitrogens with zero attached hydrogens (tertiary/aromatic N) is 6.